The number of rotatable bonds is 22. The van der Waals surface area contributed by atoms with Crippen molar-refractivity contribution in [3.63, 3.8) is 0 Å². The first-order chi connectivity index (χ1) is 16.2. The van der Waals surface area contributed by atoms with Crippen LogP contribution in [0.3, 0.4) is 0 Å². The quantitative estimate of drug-likeness (QED) is 0.140. The third kappa shape index (κ3) is 15.7. The van der Waals surface area contributed by atoms with Crippen molar-refractivity contribution in [2.45, 2.75) is 142 Å². The van der Waals surface area contributed by atoms with Gasteiger partial charge in [0.1, 0.15) is 6.10 Å². The maximum Gasteiger partial charge on any atom is 0.349 e. The minimum Gasteiger partial charge on any atom is -0.481 e. The number of carboxylic acids is 2. The van der Waals surface area contributed by atoms with Crippen LogP contribution in [0.4, 0.5) is 0 Å². The Bertz CT molecular complexity index is 586. The molecule has 0 aromatic heterocycles. The summed E-state index contributed by atoms with van der Waals surface area (Å²) in [6, 6.07) is 0. The van der Waals surface area contributed by atoms with Crippen molar-refractivity contribution < 1.29 is 38.9 Å². The van der Waals surface area contributed by atoms with Gasteiger partial charge in [-0.15, -0.1) is 0 Å². The number of hydrogen-bond acceptors (Lipinski definition) is 6. The predicted molar refractivity (Wildman–Crippen MR) is 129 cm³/mol. The number of aliphatic carboxylic acids is 2. The molecule has 0 aliphatic carbocycles. The minimum absolute atomic E-state index is 0.358. The van der Waals surface area contributed by atoms with E-state index in [2.05, 4.69) is 13.8 Å². The third-order valence-electron chi connectivity index (χ3n) is 5.90. The van der Waals surface area contributed by atoms with E-state index < -0.39 is 42.3 Å². The summed E-state index contributed by atoms with van der Waals surface area (Å²) < 4.78 is 10.4. The highest BCUT2D eigenvalue weighted by molar-refractivity contribution is 5.90. The van der Waals surface area contributed by atoms with E-state index in [4.69, 9.17) is 14.6 Å². The van der Waals surface area contributed by atoms with Crippen molar-refractivity contribution in [2.24, 2.45) is 0 Å². The van der Waals surface area contributed by atoms with Gasteiger partial charge >= 0.3 is 23.9 Å². The van der Waals surface area contributed by atoms with Crippen LogP contribution in [0.15, 0.2) is 0 Å². The first kappa shape index (κ1) is 31.9. The highest BCUT2D eigenvalue weighted by Crippen LogP contribution is 2.25. The Morgan fingerprint density at radius 3 is 1.53 bits per heavy atom. The van der Waals surface area contributed by atoms with E-state index in [0.717, 1.165) is 45.4 Å². The van der Waals surface area contributed by atoms with Gasteiger partial charge in [0.05, 0.1) is 12.8 Å². The molecule has 0 fully saturated rings. The molecular weight excluding hydrogens is 440 g/mol. The van der Waals surface area contributed by atoms with E-state index in [1.807, 2.05) is 0 Å². The fourth-order valence-corrected chi connectivity index (χ4v) is 4.05. The first-order valence-electron chi connectivity index (χ1n) is 13.0. The molecule has 0 saturated carbocycles. The lowest BCUT2D eigenvalue weighted by Gasteiger charge is -2.27. The average Bonchev–Trinajstić information content (AvgIpc) is 2.74. The number of carbonyl (C=O) groups excluding carboxylic acids is 2. The number of unbranched alkanes of at least 4 members (excludes halogenated alkanes) is 11. The fourth-order valence-electron chi connectivity index (χ4n) is 4.05. The highest BCUT2D eigenvalue weighted by atomic mass is 16.6. The number of carboxylic acid groups (broad SMARTS) is 2. The number of hydrogen-bond donors (Lipinski definition) is 2. The summed E-state index contributed by atoms with van der Waals surface area (Å²) in [5, 5.41) is 18.7. The predicted octanol–water partition coefficient (Wildman–Crippen LogP) is 6.04. The van der Waals surface area contributed by atoms with Crippen LogP contribution < -0.4 is 0 Å². The largest absolute Gasteiger partial charge is 0.481 e. The lowest BCUT2D eigenvalue weighted by Crippen LogP contribution is -2.47. The topological polar surface area (TPSA) is 127 Å². The molecule has 198 valence electrons. The van der Waals surface area contributed by atoms with Crippen LogP contribution in [0.25, 0.3) is 0 Å². The molecule has 0 bridgehead atoms. The summed E-state index contributed by atoms with van der Waals surface area (Å²) in [4.78, 5) is 47.1. The van der Waals surface area contributed by atoms with Crippen LogP contribution >= 0.6 is 0 Å². The molecule has 2 N–H and O–H groups in total. The molecule has 0 spiro atoms. The molecule has 0 rings (SSSR count). The number of ether oxygens (including phenoxy) is 2. The van der Waals surface area contributed by atoms with Crippen LogP contribution in [-0.2, 0) is 28.7 Å². The van der Waals surface area contributed by atoms with E-state index in [9.17, 15) is 24.3 Å². The first-order valence-corrected chi connectivity index (χ1v) is 13.0. The molecule has 0 aromatic carbocycles. The van der Waals surface area contributed by atoms with E-state index in [1.54, 1.807) is 0 Å². The molecule has 34 heavy (non-hydrogen) atoms. The normalized spacial score (nSPS) is 13.6. The zero-order valence-corrected chi connectivity index (χ0v) is 21.4. The average molecular weight is 487 g/mol. The fraction of sp³-hybridized carbons (Fsp3) is 0.846. The SMILES string of the molecule is CCCCCCCCCC(CCCCCCCC)OC(=O)CC(CC(=O)O)(OC(C)=O)C(=O)O. The van der Waals surface area contributed by atoms with Gasteiger partial charge in [-0.1, -0.05) is 84.5 Å². The number of carbonyl (C=O) groups is 4. The Labute approximate surface area is 204 Å². The molecule has 2 unspecified atom stereocenters. The van der Waals surface area contributed by atoms with Crippen LogP contribution in [-0.4, -0.2) is 45.8 Å². The van der Waals surface area contributed by atoms with Gasteiger partial charge in [0, 0.05) is 6.92 Å². The smallest absolute Gasteiger partial charge is 0.349 e. The monoisotopic (exact) mass is 486 g/mol. The number of esters is 2. The molecule has 0 aliphatic rings. The molecule has 8 nitrogen and oxygen atoms in total. The second kappa shape index (κ2) is 19.2. The van der Waals surface area contributed by atoms with Gasteiger partial charge in [-0.05, 0) is 25.7 Å². The van der Waals surface area contributed by atoms with Crippen molar-refractivity contribution >= 4 is 23.9 Å². The molecule has 0 heterocycles. The summed E-state index contributed by atoms with van der Waals surface area (Å²) in [5.74, 6) is -4.99. The molecule has 0 aliphatic heterocycles. The Morgan fingerprint density at radius 1 is 0.706 bits per heavy atom. The van der Waals surface area contributed by atoms with Crippen LogP contribution in [0.5, 0.6) is 0 Å². The van der Waals surface area contributed by atoms with Gasteiger partial charge in [0.15, 0.2) is 0 Å². The van der Waals surface area contributed by atoms with E-state index in [-0.39, 0.29) is 6.10 Å². The Balaban J connectivity index is 4.98. The van der Waals surface area contributed by atoms with E-state index in [1.165, 1.54) is 44.9 Å². The van der Waals surface area contributed by atoms with Crippen LogP contribution in [0, 0.1) is 0 Å². The van der Waals surface area contributed by atoms with Crippen molar-refractivity contribution in [3.05, 3.63) is 0 Å². The molecule has 0 radical (unpaired) electrons. The summed E-state index contributed by atoms with van der Waals surface area (Å²) in [5.41, 5.74) is -2.47. The molecule has 0 saturated heterocycles. The van der Waals surface area contributed by atoms with Gasteiger partial charge in [-0.2, -0.15) is 0 Å². The third-order valence-corrected chi connectivity index (χ3v) is 5.90. The molecular formula is C26H46O8. The van der Waals surface area contributed by atoms with Crippen LogP contribution in [0.2, 0.25) is 0 Å². The van der Waals surface area contributed by atoms with Crippen molar-refractivity contribution in [1.29, 1.82) is 0 Å². The molecule has 0 aromatic rings. The van der Waals surface area contributed by atoms with Gasteiger partial charge in [-0.3, -0.25) is 14.4 Å². The van der Waals surface area contributed by atoms with Gasteiger partial charge < -0.3 is 19.7 Å². The standard InChI is InChI=1S/C26H46O8/c1-4-6-8-10-12-14-16-18-22(17-15-13-11-9-7-5-2)33-24(30)20-26(25(31)32,19-23(28)29)34-21(3)27/h22H,4-20H2,1-3H3,(H,28,29)(H,31,32). The minimum atomic E-state index is -2.47. The second-order valence-corrected chi connectivity index (χ2v) is 9.22. The second-order valence-electron chi connectivity index (χ2n) is 9.22. The molecule has 2 atom stereocenters. The van der Waals surface area contributed by atoms with Crippen molar-refractivity contribution in [1.82, 2.24) is 0 Å². The summed E-state index contributed by atoms with van der Waals surface area (Å²) in [6.07, 6.45) is 13.7. The molecule has 0 amide bonds. The van der Waals surface area contributed by atoms with Crippen LogP contribution in [0.1, 0.15) is 130 Å². The van der Waals surface area contributed by atoms with Gasteiger partial charge in [0.2, 0.25) is 5.60 Å². The summed E-state index contributed by atoms with van der Waals surface area (Å²) in [7, 11) is 0. The van der Waals surface area contributed by atoms with Crippen molar-refractivity contribution in [2.75, 3.05) is 0 Å². The summed E-state index contributed by atoms with van der Waals surface area (Å²) >= 11 is 0. The summed E-state index contributed by atoms with van der Waals surface area (Å²) in [6.45, 7) is 5.32. The zero-order valence-electron chi connectivity index (χ0n) is 21.4. The van der Waals surface area contributed by atoms with E-state index in [0.29, 0.717) is 12.8 Å². The Hall–Kier alpha value is -2.12. The maximum atomic E-state index is 12.6. The lowest BCUT2D eigenvalue weighted by molar-refractivity contribution is -0.186. The van der Waals surface area contributed by atoms with Gasteiger partial charge in [-0.25, -0.2) is 4.79 Å². The van der Waals surface area contributed by atoms with E-state index >= 15 is 0 Å². The molecule has 8 heteroatoms. The lowest BCUT2D eigenvalue weighted by atomic mass is 9.95. The van der Waals surface area contributed by atoms with Crippen molar-refractivity contribution in [3.8, 4) is 0 Å². The maximum absolute atomic E-state index is 12.6. The highest BCUT2D eigenvalue weighted by Gasteiger charge is 2.47. The Kier molecular flexibility index (Phi) is 18.0. The Morgan fingerprint density at radius 2 is 1.15 bits per heavy atom. The zero-order chi connectivity index (χ0) is 25.8. The van der Waals surface area contributed by atoms with Gasteiger partial charge in [0.25, 0.3) is 0 Å².